The van der Waals surface area contributed by atoms with Crippen LogP contribution in [0.4, 0.5) is 0 Å². The van der Waals surface area contributed by atoms with Gasteiger partial charge >= 0.3 is 0 Å². The second-order valence-electron chi connectivity index (χ2n) is 4.08. The highest BCUT2D eigenvalue weighted by Gasteiger charge is 2.12. The summed E-state index contributed by atoms with van der Waals surface area (Å²) in [4.78, 5) is 12.0. The van der Waals surface area contributed by atoms with Gasteiger partial charge in [-0.15, -0.1) is 0 Å². The first-order valence-corrected chi connectivity index (χ1v) is 6.85. The van der Waals surface area contributed by atoms with Crippen LogP contribution in [0.15, 0.2) is 22.7 Å². The van der Waals surface area contributed by atoms with Crippen LogP contribution in [0.5, 0.6) is 5.75 Å². The average Bonchev–Trinajstić information content (AvgIpc) is 2.34. The topological polar surface area (TPSA) is 26.3 Å². The van der Waals surface area contributed by atoms with Crippen LogP contribution in [-0.2, 0) is 0 Å². The predicted molar refractivity (Wildman–Crippen MR) is 73.8 cm³/mol. The molecule has 94 valence electrons. The van der Waals surface area contributed by atoms with Gasteiger partial charge in [0.25, 0.3) is 0 Å². The minimum absolute atomic E-state index is 0.166. The maximum Gasteiger partial charge on any atom is 0.166 e. The molecular weight excluding hydrogens is 280 g/mol. The molecule has 0 aliphatic carbocycles. The zero-order chi connectivity index (χ0) is 12.7. The minimum atomic E-state index is 0.166. The van der Waals surface area contributed by atoms with Crippen molar-refractivity contribution in [3.05, 3.63) is 28.2 Å². The van der Waals surface area contributed by atoms with Crippen LogP contribution < -0.4 is 4.74 Å². The maximum absolute atomic E-state index is 12.0. The van der Waals surface area contributed by atoms with Gasteiger partial charge in [-0.1, -0.05) is 42.1 Å². The van der Waals surface area contributed by atoms with E-state index in [0.717, 1.165) is 17.3 Å². The largest absolute Gasteiger partial charge is 0.496 e. The van der Waals surface area contributed by atoms with E-state index >= 15 is 0 Å². The summed E-state index contributed by atoms with van der Waals surface area (Å²) >= 11 is 3.38. The predicted octanol–water partition coefficient (Wildman–Crippen LogP) is 4.61. The fourth-order valence-corrected chi connectivity index (χ4v) is 2.11. The number of hydrogen-bond acceptors (Lipinski definition) is 2. The van der Waals surface area contributed by atoms with E-state index in [4.69, 9.17) is 4.74 Å². The molecule has 1 aromatic rings. The highest BCUT2D eigenvalue weighted by atomic mass is 79.9. The van der Waals surface area contributed by atoms with Gasteiger partial charge in [0.05, 0.1) is 12.7 Å². The summed E-state index contributed by atoms with van der Waals surface area (Å²) in [7, 11) is 1.59. The van der Waals surface area contributed by atoms with Crippen molar-refractivity contribution in [3.63, 3.8) is 0 Å². The number of hydrogen-bond donors (Lipinski definition) is 0. The van der Waals surface area contributed by atoms with Gasteiger partial charge in [-0.05, 0) is 24.6 Å². The van der Waals surface area contributed by atoms with Gasteiger partial charge in [-0.3, -0.25) is 4.79 Å². The van der Waals surface area contributed by atoms with Crippen molar-refractivity contribution in [2.45, 2.75) is 39.0 Å². The third kappa shape index (κ3) is 4.50. The van der Waals surface area contributed by atoms with Crippen molar-refractivity contribution < 1.29 is 9.53 Å². The Morgan fingerprint density at radius 1 is 1.29 bits per heavy atom. The molecule has 1 rings (SSSR count). The zero-order valence-electron chi connectivity index (χ0n) is 10.5. The summed E-state index contributed by atoms with van der Waals surface area (Å²) < 4.78 is 6.12. The Labute approximate surface area is 111 Å². The van der Waals surface area contributed by atoms with Gasteiger partial charge < -0.3 is 4.74 Å². The van der Waals surface area contributed by atoms with E-state index in [2.05, 4.69) is 22.9 Å². The average molecular weight is 299 g/mol. The summed E-state index contributed by atoms with van der Waals surface area (Å²) in [5.74, 6) is 0.827. The number of rotatable bonds is 7. The van der Waals surface area contributed by atoms with Gasteiger partial charge in [0.2, 0.25) is 0 Å². The smallest absolute Gasteiger partial charge is 0.166 e. The number of carbonyl (C=O) groups is 1. The molecule has 0 radical (unpaired) electrons. The van der Waals surface area contributed by atoms with Crippen LogP contribution in [0.1, 0.15) is 49.4 Å². The monoisotopic (exact) mass is 298 g/mol. The van der Waals surface area contributed by atoms with E-state index < -0.39 is 0 Å². The maximum atomic E-state index is 12.0. The molecule has 0 amide bonds. The van der Waals surface area contributed by atoms with Crippen LogP contribution in [0.3, 0.4) is 0 Å². The highest BCUT2D eigenvalue weighted by Crippen LogP contribution is 2.24. The molecular formula is C14H19BrO2. The summed E-state index contributed by atoms with van der Waals surface area (Å²) in [6.45, 7) is 2.17. The molecule has 0 fully saturated rings. The molecule has 0 aromatic heterocycles. The third-order valence-corrected chi connectivity index (χ3v) is 3.21. The van der Waals surface area contributed by atoms with E-state index in [-0.39, 0.29) is 5.78 Å². The Morgan fingerprint density at radius 2 is 2.06 bits per heavy atom. The first kappa shape index (κ1) is 14.2. The minimum Gasteiger partial charge on any atom is -0.496 e. The molecule has 0 aliphatic rings. The molecule has 0 heterocycles. The molecule has 3 heteroatoms. The van der Waals surface area contributed by atoms with Crippen molar-refractivity contribution in [2.75, 3.05) is 7.11 Å². The Bertz CT molecular complexity index is 374. The van der Waals surface area contributed by atoms with Gasteiger partial charge in [0, 0.05) is 10.9 Å². The van der Waals surface area contributed by atoms with E-state index in [1.165, 1.54) is 12.8 Å². The molecule has 0 aliphatic heterocycles. The lowest BCUT2D eigenvalue weighted by atomic mass is 10.0. The van der Waals surface area contributed by atoms with E-state index in [1.54, 1.807) is 7.11 Å². The van der Waals surface area contributed by atoms with Crippen molar-refractivity contribution in [3.8, 4) is 5.75 Å². The fraction of sp³-hybridized carbons (Fsp3) is 0.500. The number of halogens is 1. The van der Waals surface area contributed by atoms with Crippen LogP contribution in [0, 0.1) is 0 Å². The number of unbranched alkanes of at least 4 members (excludes halogenated alkanes) is 3. The van der Waals surface area contributed by atoms with Crippen LogP contribution in [-0.4, -0.2) is 12.9 Å². The Hall–Kier alpha value is -0.830. The summed E-state index contributed by atoms with van der Waals surface area (Å²) in [6.07, 6.45) is 5.07. The lowest BCUT2D eigenvalue weighted by molar-refractivity contribution is 0.0976. The van der Waals surface area contributed by atoms with Crippen LogP contribution in [0.2, 0.25) is 0 Å². The zero-order valence-corrected chi connectivity index (χ0v) is 12.0. The molecule has 0 saturated heterocycles. The van der Waals surface area contributed by atoms with Crippen LogP contribution in [0.25, 0.3) is 0 Å². The summed E-state index contributed by atoms with van der Waals surface area (Å²) in [5, 5.41) is 0. The third-order valence-electron chi connectivity index (χ3n) is 2.72. The number of benzene rings is 1. The molecule has 0 saturated carbocycles. The normalized spacial score (nSPS) is 10.3. The van der Waals surface area contributed by atoms with Crippen molar-refractivity contribution >= 4 is 21.7 Å². The second kappa shape index (κ2) is 7.49. The SMILES string of the molecule is CCCCCCC(=O)c1cc(Br)ccc1OC. The number of Topliss-reactive ketones (excluding diaryl/α,β-unsaturated/α-hetero) is 1. The van der Waals surface area contributed by atoms with Gasteiger partial charge in [-0.2, -0.15) is 0 Å². The first-order valence-electron chi connectivity index (χ1n) is 6.05. The Morgan fingerprint density at radius 3 is 2.71 bits per heavy atom. The summed E-state index contributed by atoms with van der Waals surface area (Å²) in [5.41, 5.74) is 0.679. The van der Waals surface area contributed by atoms with Gasteiger partial charge in [0.1, 0.15) is 5.75 Å². The van der Waals surface area contributed by atoms with Crippen molar-refractivity contribution in [1.29, 1.82) is 0 Å². The van der Waals surface area contributed by atoms with E-state index in [0.29, 0.717) is 17.7 Å². The Balaban J connectivity index is 2.64. The molecule has 0 unspecified atom stereocenters. The van der Waals surface area contributed by atoms with Gasteiger partial charge in [0.15, 0.2) is 5.78 Å². The highest BCUT2D eigenvalue weighted by molar-refractivity contribution is 9.10. The first-order chi connectivity index (χ1) is 8.19. The standard InChI is InChI=1S/C14H19BrO2/c1-3-4-5-6-7-13(16)12-10-11(15)8-9-14(12)17-2/h8-10H,3-7H2,1-2H3. The molecule has 2 nitrogen and oxygen atoms in total. The molecule has 1 aromatic carbocycles. The quantitative estimate of drug-likeness (QED) is 0.543. The second-order valence-corrected chi connectivity index (χ2v) is 4.99. The number of ether oxygens (including phenoxy) is 1. The summed E-state index contributed by atoms with van der Waals surface area (Å²) in [6, 6.07) is 5.54. The molecule has 0 atom stereocenters. The molecule has 17 heavy (non-hydrogen) atoms. The number of carbonyl (C=O) groups excluding carboxylic acids is 1. The molecule has 0 bridgehead atoms. The van der Waals surface area contributed by atoms with Gasteiger partial charge in [-0.25, -0.2) is 0 Å². The lowest BCUT2D eigenvalue weighted by Gasteiger charge is -2.08. The number of ketones is 1. The lowest BCUT2D eigenvalue weighted by Crippen LogP contribution is -2.02. The van der Waals surface area contributed by atoms with Crippen molar-refractivity contribution in [2.24, 2.45) is 0 Å². The Kier molecular flexibility index (Phi) is 6.27. The number of methoxy groups -OCH3 is 1. The molecule has 0 spiro atoms. The van der Waals surface area contributed by atoms with E-state index in [9.17, 15) is 4.79 Å². The van der Waals surface area contributed by atoms with Crippen molar-refractivity contribution in [1.82, 2.24) is 0 Å². The van der Waals surface area contributed by atoms with E-state index in [1.807, 2.05) is 18.2 Å². The van der Waals surface area contributed by atoms with Crippen LogP contribution >= 0.6 is 15.9 Å². The molecule has 0 N–H and O–H groups in total. The fourth-order valence-electron chi connectivity index (χ4n) is 1.75.